The monoisotopic (exact) mass is 1370 g/mol. The molecule has 0 saturated carbocycles. The zero-order valence-corrected chi connectivity index (χ0v) is 62.7. The molecule has 0 aliphatic carbocycles. The summed E-state index contributed by atoms with van der Waals surface area (Å²) < 4.78 is 68.4. The molecule has 0 aliphatic heterocycles. The lowest BCUT2D eigenvalue weighted by Crippen LogP contribution is -2.30. The highest BCUT2D eigenvalue weighted by atomic mass is 31.2. The van der Waals surface area contributed by atoms with Crippen molar-refractivity contribution in [2.45, 2.75) is 388 Å². The number of hydrogen-bond acceptors (Lipinski definition) is 15. The van der Waals surface area contributed by atoms with E-state index in [0.29, 0.717) is 25.7 Å². The van der Waals surface area contributed by atoms with Gasteiger partial charge in [-0.05, 0) is 49.4 Å². The Bertz CT molecular complexity index is 1840. The third kappa shape index (κ3) is 67.0. The van der Waals surface area contributed by atoms with Crippen LogP contribution in [0.4, 0.5) is 0 Å². The summed E-state index contributed by atoms with van der Waals surface area (Å²) >= 11 is 0. The van der Waals surface area contributed by atoms with Gasteiger partial charge in [0.1, 0.15) is 19.3 Å². The minimum Gasteiger partial charge on any atom is -0.462 e. The highest BCUT2D eigenvalue weighted by molar-refractivity contribution is 7.47. The number of phosphoric acid groups is 2. The number of rotatable bonds is 71. The van der Waals surface area contributed by atoms with Crippen molar-refractivity contribution in [3.8, 4) is 0 Å². The second-order valence-electron chi connectivity index (χ2n) is 28.4. The van der Waals surface area contributed by atoms with Gasteiger partial charge in [0.2, 0.25) is 0 Å². The van der Waals surface area contributed by atoms with Crippen LogP contribution in [0.15, 0.2) is 0 Å². The molecule has 0 amide bonds. The van der Waals surface area contributed by atoms with Gasteiger partial charge in [0.05, 0.1) is 26.4 Å². The van der Waals surface area contributed by atoms with Crippen LogP contribution in [0.1, 0.15) is 370 Å². The van der Waals surface area contributed by atoms with Gasteiger partial charge in [0.15, 0.2) is 12.2 Å². The Hall–Kier alpha value is -1.94. The SMILES string of the molecule is CCC(C)CCCCCCCCCCCCCCCCC(=O)O[C@H](COC(=O)CCCCCCCCCCCC(C)C)COP(=O)(O)OCC(O)COP(=O)(O)OC[C@@H](COC(=O)CCCCCCCCCCC(C)C)OC(=O)CCCCCCCCCCCC(C)C. The molecule has 0 heterocycles. The highest BCUT2D eigenvalue weighted by Crippen LogP contribution is 2.45. The fourth-order valence-corrected chi connectivity index (χ4v) is 12.7. The van der Waals surface area contributed by atoms with Gasteiger partial charge in [-0.25, -0.2) is 9.13 Å². The van der Waals surface area contributed by atoms with Gasteiger partial charge in [-0.15, -0.1) is 0 Å². The van der Waals surface area contributed by atoms with Crippen molar-refractivity contribution in [2.24, 2.45) is 23.7 Å². The predicted molar refractivity (Wildman–Crippen MR) is 377 cm³/mol. The van der Waals surface area contributed by atoms with Gasteiger partial charge in [-0.1, -0.05) is 319 Å². The summed E-state index contributed by atoms with van der Waals surface area (Å²) in [5.74, 6) is 0.928. The lowest BCUT2D eigenvalue weighted by atomic mass is 9.99. The molecule has 0 spiro atoms. The van der Waals surface area contributed by atoms with Crippen LogP contribution in [-0.2, 0) is 65.4 Å². The smallest absolute Gasteiger partial charge is 0.462 e. The third-order valence-electron chi connectivity index (χ3n) is 17.4. The number of unbranched alkanes of at least 4 members (excludes halogenated alkanes) is 36. The van der Waals surface area contributed by atoms with E-state index in [4.69, 9.17) is 37.0 Å². The second-order valence-corrected chi connectivity index (χ2v) is 31.3. The van der Waals surface area contributed by atoms with Gasteiger partial charge in [0, 0.05) is 25.7 Å². The molecule has 4 unspecified atom stereocenters. The molecule has 0 bridgehead atoms. The number of phosphoric ester groups is 2. The van der Waals surface area contributed by atoms with E-state index in [9.17, 15) is 43.2 Å². The average Bonchev–Trinajstić information content (AvgIpc) is 2.14. The van der Waals surface area contributed by atoms with Crippen molar-refractivity contribution in [3.05, 3.63) is 0 Å². The molecular weight excluding hydrogens is 1220 g/mol. The second kappa shape index (κ2) is 63.5. The largest absolute Gasteiger partial charge is 0.472 e. The van der Waals surface area contributed by atoms with Crippen LogP contribution in [0.5, 0.6) is 0 Å². The lowest BCUT2D eigenvalue weighted by Gasteiger charge is -2.21. The Balaban J connectivity index is 5.25. The normalized spacial score (nSPS) is 14.5. The van der Waals surface area contributed by atoms with Crippen molar-refractivity contribution in [1.82, 2.24) is 0 Å². The summed E-state index contributed by atoms with van der Waals surface area (Å²) in [6, 6.07) is 0. The van der Waals surface area contributed by atoms with Crippen molar-refractivity contribution in [2.75, 3.05) is 39.6 Å². The highest BCUT2D eigenvalue weighted by Gasteiger charge is 2.30. The molecule has 0 aromatic carbocycles. The molecule has 0 aromatic heterocycles. The molecule has 19 heteroatoms. The molecule has 17 nitrogen and oxygen atoms in total. The summed E-state index contributed by atoms with van der Waals surface area (Å²) in [6.07, 6.45) is 47.2. The van der Waals surface area contributed by atoms with Gasteiger partial charge in [0.25, 0.3) is 0 Å². The molecule has 0 radical (unpaired) electrons. The maximum atomic E-state index is 13.1. The van der Waals surface area contributed by atoms with Crippen LogP contribution in [0.25, 0.3) is 0 Å². The van der Waals surface area contributed by atoms with E-state index in [1.54, 1.807) is 0 Å². The molecule has 0 rings (SSSR count). The number of aliphatic hydroxyl groups is 1. The molecular formula is C74H144O17P2. The molecule has 552 valence electrons. The number of carbonyl (C=O) groups excluding carboxylic acids is 4. The quantitative estimate of drug-likeness (QED) is 0.0222. The first-order valence-electron chi connectivity index (χ1n) is 38.2. The summed E-state index contributed by atoms with van der Waals surface area (Å²) in [6.45, 7) is 14.2. The van der Waals surface area contributed by atoms with Crippen LogP contribution in [0, 0.1) is 23.7 Å². The van der Waals surface area contributed by atoms with Gasteiger partial charge in [-0.3, -0.25) is 37.3 Å². The van der Waals surface area contributed by atoms with Crippen molar-refractivity contribution in [3.63, 3.8) is 0 Å². The maximum absolute atomic E-state index is 13.1. The molecule has 0 fully saturated rings. The third-order valence-corrected chi connectivity index (χ3v) is 19.3. The van der Waals surface area contributed by atoms with E-state index < -0.39 is 97.5 Å². The first kappa shape index (κ1) is 91.1. The number of esters is 4. The topological polar surface area (TPSA) is 237 Å². The summed E-state index contributed by atoms with van der Waals surface area (Å²) in [5, 5.41) is 10.6. The molecule has 0 aliphatic rings. The molecule has 93 heavy (non-hydrogen) atoms. The Morgan fingerprint density at radius 1 is 0.301 bits per heavy atom. The molecule has 3 N–H and O–H groups in total. The maximum Gasteiger partial charge on any atom is 0.472 e. The fourth-order valence-electron chi connectivity index (χ4n) is 11.2. The van der Waals surface area contributed by atoms with E-state index >= 15 is 0 Å². The average molecular weight is 1370 g/mol. The molecule has 6 atom stereocenters. The van der Waals surface area contributed by atoms with Gasteiger partial charge >= 0.3 is 39.5 Å². The number of aliphatic hydroxyl groups excluding tert-OH is 1. The van der Waals surface area contributed by atoms with E-state index in [2.05, 4.69) is 55.4 Å². The van der Waals surface area contributed by atoms with Crippen LogP contribution in [-0.4, -0.2) is 96.7 Å². The van der Waals surface area contributed by atoms with E-state index in [-0.39, 0.29) is 25.7 Å². The molecule has 0 aromatic rings. The number of carbonyl (C=O) groups is 4. The van der Waals surface area contributed by atoms with E-state index in [1.807, 2.05) is 0 Å². The Kier molecular flexibility index (Phi) is 62.2. The number of ether oxygens (including phenoxy) is 4. The Labute approximate surface area is 568 Å². The Morgan fingerprint density at radius 3 is 0.763 bits per heavy atom. The zero-order valence-electron chi connectivity index (χ0n) is 60.9. The lowest BCUT2D eigenvalue weighted by molar-refractivity contribution is -0.161. The van der Waals surface area contributed by atoms with Gasteiger partial charge < -0.3 is 33.8 Å². The van der Waals surface area contributed by atoms with Crippen LogP contribution >= 0.6 is 15.6 Å². The summed E-state index contributed by atoms with van der Waals surface area (Å²) in [5.41, 5.74) is 0. The first-order chi connectivity index (χ1) is 44.6. The van der Waals surface area contributed by atoms with Crippen molar-refractivity contribution in [1.29, 1.82) is 0 Å². The Morgan fingerprint density at radius 2 is 0.516 bits per heavy atom. The summed E-state index contributed by atoms with van der Waals surface area (Å²) in [4.78, 5) is 72.7. The standard InChI is InChI=1S/C74H144O17P2/c1-9-67(8)53-45-37-29-20-14-12-10-11-13-15-21-32-40-48-56-73(78)90-69(60-84-71(76)54-46-38-30-22-16-18-26-34-42-50-64(2)3)62-88-92(80,81)86-58-68(75)59-87-93(82,83)89-63-70(61-85-72(77)55-47-39-31-25-24-28-36-44-52-66(6)7)91-74(79)57-49-41-33-23-17-19-27-35-43-51-65(4)5/h64-70,75H,9-63H2,1-8H3,(H,80,81)(H,82,83)/t67?,68?,69-,70-/m1/s1. The van der Waals surface area contributed by atoms with Crippen molar-refractivity contribution < 1.29 is 80.2 Å². The van der Waals surface area contributed by atoms with Crippen LogP contribution < -0.4 is 0 Å². The van der Waals surface area contributed by atoms with E-state index in [1.165, 1.54) is 173 Å². The van der Waals surface area contributed by atoms with Crippen molar-refractivity contribution >= 4 is 39.5 Å². The van der Waals surface area contributed by atoms with E-state index in [0.717, 1.165) is 114 Å². The number of hydrogen-bond donors (Lipinski definition) is 3. The minimum atomic E-state index is -4.96. The molecule has 0 saturated heterocycles. The van der Waals surface area contributed by atoms with Crippen LogP contribution in [0.2, 0.25) is 0 Å². The van der Waals surface area contributed by atoms with Gasteiger partial charge in [-0.2, -0.15) is 0 Å². The first-order valence-corrected chi connectivity index (χ1v) is 41.2. The minimum absolute atomic E-state index is 0.104. The zero-order chi connectivity index (χ0) is 68.9. The predicted octanol–water partition coefficient (Wildman–Crippen LogP) is 21.3. The summed E-state index contributed by atoms with van der Waals surface area (Å²) in [7, 11) is -9.91. The van der Waals surface area contributed by atoms with Crippen LogP contribution in [0.3, 0.4) is 0 Å². The fraction of sp³-hybridized carbons (Fsp3) is 0.946.